The van der Waals surface area contributed by atoms with Gasteiger partial charge in [-0.2, -0.15) is 0 Å². The smallest absolute Gasteiger partial charge is 0.255 e. The quantitative estimate of drug-likeness (QED) is 0.0608. The van der Waals surface area contributed by atoms with Crippen molar-refractivity contribution in [2.24, 2.45) is 0 Å². The van der Waals surface area contributed by atoms with Crippen LogP contribution in [0.5, 0.6) is 5.75 Å². The van der Waals surface area contributed by atoms with Crippen LogP contribution >= 0.6 is 18.7 Å². The molecule has 3 aliphatic rings. The number of benzene rings is 3. The Morgan fingerprint density at radius 3 is 2.46 bits per heavy atom. The van der Waals surface area contributed by atoms with Crippen LogP contribution in [0.1, 0.15) is 89.9 Å². The number of rotatable bonds is 17. The number of unbranched alkanes of at least 4 members (excludes halogenated alkanes) is 3. The van der Waals surface area contributed by atoms with Crippen molar-refractivity contribution in [1.82, 2.24) is 25.5 Å². The molecule has 312 valence electrons. The number of carbonyl (C=O) groups excluding carboxylic acids is 3. The second kappa shape index (κ2) is 19.1. The number of hydrogen-bond acceptors (Lipinski definition) is 10. The van der Waals surface area contributed by atoms with E-state index in [1.807, 2.05) is 42.5 Å². The minimum atomic E-state index is -2.46. The third kappa shape index (κ3) is 10.5. The van der Waals surface area contributed by atoms with Crippen molar-refractivity contribution in [2.75, 3.05) is 56.8 Å². The SMILES string of the molecule is COc1cc(N2CCC(NCCCCCCNc3ccc4c(c3)CN(C3CCC(=O)NC3=O)C4=O)CC2)ccc1Cc1ncc(Cl)c(Cc2ccccc2P(C)(C)=O)n1. The van der Waals surface area contributed by atoms with Gasteiger partial charge >= 0.3 is 0 Å². The fourth-order valence-corrected chi connectivity index (χ4v) is 9.88. The summed E-state index contributed by atoms with van der Waals surface area (Å²) in [4.78, 5) is 50.2. The molecule has 2 fully saturated rings. The third-order valence-electron chi connectivity index (χ3n) is 11.7. The summed E-state index contributed by atoms with van der Waals surface area (Å²) in [6.07, 6.45) is 9.93. The van der Waals surface area contributed by atoms with E-state index in [0.29, 0.717) is 48.3 Å². The standard InChI is InChI=1S/C45H55ClN7O5P/c1-58-40-27-35(14-12-30(40)26-42-49-28-37(46)38(50-42)25-31-10-6-7-11-41(31)59(2,3)57)52-22-18-33(19-23-52)47-20-8-4-5-9-21-48-34-13-15-36-32(24-34)29-53(45(36)56)39-16-17-43(54)51-44(39)55/h6-7,10-15,24,27-28,33,39,47-48H,4-5,8-9,16-23,25-26,29H2,1-3H3,(H,51,54,55). The second-order valence-electron chi connectivity index (χ2n) is 16.2. The van der Waals surface area contributed by atoms with E-state index in [4.69, 9.17) is 21.3 Å². The van der Waals surface area contributed by atoms with Gasteiger partial charge in [0, 0.05) is 91.6 Å². The van der Waals surface area contributed by atoms with Crippen LogP contribution in [-0.4, -0.2) is 91.3 Å². The van der Waals surface area contributed by atoms with Gasteiger partial charge in [0.1, 0.15) is 24.8 Å². The molecule has 12 nitrogen and oxygen atoms in total. The van der Waals surface area contributed by atoms with E-state index in [-0.39, 0.29) is 24.1 Å². The Morgan fingerprint density at radius 2 is 1.69 bits per heavy atom. The van der Waals surface area contributed by atoms with Crippen molar-refractivity contribution in [3.63, 3.8) is 0 Å². The van der Waals surface area contributed by atoms with Gasteiger partial charge in [-0.05, 0) is 87.4 Å². The number of aromatic nitrogens is 2. The molecule has 0 aliphatic carbocycles. The molecule has 0 spiro atoms. The zero-order valence-electron chi connectivity index (χ0n) is 34.3. The molecular formula is C45H55ClN7O5P. The van der Waals surface area contributed by atoms with Crippen LogP contribution in [0.4, 0.5) is 11.4 Å². The molecule has 1 atom stereocenters. The first-order chi connectivity index (χ1) is 28.5. The number of nitrogens with one attached hydrogen (secondary N) is 3. The molecule has 3 amide bonds. The lowest BCUT2D eigenvalue weighted by molar-refractivity contribution is -0.136. The summed E-state index contributed by atoms with van der Waals surface area (Å²) in [6.45, 7) is 7.78. The van der Waals surface area contributed by atoms with E-state index < -0.39 is 13.2 Å². The average Bonchev–Trinajstić information content (AvgIpc) is 3.55. The fraction of sp³-hybridized carbons (Fsp3) is 0.444. The predicted molar refractivity (Wildman–Crippen MR) is 234 cm³/mol. The monoisotopic (exact) mass is 839 g/mol. The molecular weight excluding hydrogens is 785 g/mol. The normalized spacial score (nSPS) is 17.3. The molecule has 3 aromatic carbocycles. The molecule has 4 heterocycles. The number of nitrogens with zero attached hydrogens (tertiary/aromatic N) is 4. The van der Waals surface area contributed by atoms with Crippen molar-refractivity contribution in [2.45, 2.75) is 82.8 Å². The lowest BCUT2D eigenvalue weighted by Gasteiger charge is -2.34. The van der Waals surface area contributed by atoms with E-state index in [1.54, 1.807) is 31.5 Å². The summed E-state index contributed by atoms with van der Waals surface area (Å²) in [5.41, 5.74) is 6.36. The lowest BCUT2D eigenvalue weighted by Crippen LogP contribution is -2.52. The number of carbonyl (C=O) groups is 3. The molecule has 0 bridgehead atoms. The molecule has 14 heteroatoms. The predicted octanol–water partition coefficient (Wildman–Crippen LogP) is 6.56. The molecule has 1 unspecified atom stereocenters. The van der Waals surface area contributed by atoms with Gasteiger partial charge in [0.25, 0.3) is 5.91 Å². The van der Waals surface area contributed by atoms with Crippen LogP contribution in [0.3, 0.4) is 0 Å². The third-order valence-corrected chi connectivity index (χ3v) is 13.6. The molecule has 2 saturated heterocycles. The highest BCUT2D eigenvalue weighted by atomic mass is 35.5. The summed E-state index contributed by atoms with van der Waals surface area (Å²) >= 11 is 6.56. The van der Waals surface area contributed by atoms with Gasteiger partial charge in [-0.1, -0.05) is 54.8 Å². The van der Waals surface area contributed by atoms with Gasteiger partial charge in [-0.15, -0.1) is 0 Å². The molecule has 7 rings (SSSR count). The van der Waals surface area contributed by atoms with Gasteiger partial charge in [0.2, 0.25) is 11.8 Å². The number of piperidine rings is 2. The molecule has 1 aromatic heterocycles. The zero-order valence-corrected chi connectivity index (χ0v) is 35.9. The van der Waals surface area contributed by atoms with E-state index >= 15 is 0 Å². The highest BCUT2D eigenvalue weighted by molar-refractivity contribution is 7.70. The average molecular weight is 840 g/mol. The van der Waals surface area contributed by atoms with E-state index in [1.165, 1.54) is 0 Å². The van der Waals surface area contributed by atoms with E-state index in [0.717, 1.165) is 110 Å². The Labute approximate surface area is 352 Å². The second-order valence-corrected chi connectivity index (χ2v) is 19.8. The maximum Gasteiger partial charge on any atom is 0.255 e. The number of hydrogen-bond donors (Lipinski definition) is 3. The number of imide groups is 1. The van der Waals surface area contributed by atoms with Crippen LogP contribution in [0.15, 0.2) is 66.9 Å². The van der Waals surface area contributed by atoms with Crippen LogP contribution in [-0.2, 0) is 33.5 Å². The number of amides is 3. The first-order valence-electron chi connectivity index (χ1n) is 20.8. The Hall–Kier alpha value is -4.77. The number of halogens is 1. The van der Waals surface area contributed by atoms with Gasteiger partial charge < -0.3 is 29.7 Å². The number of ether oxygens (including phenoxy) is 1. The Balaban J connectivity index is 0.802. The van der Waals surface area contributed by atoms with Crippen LogP contribution in [0.25, 0.3) is 0 Å². The molecule has 4 aromatic rings. The Kier molecular flexibility index (Phi) is 13.7. The highest BCUT2D eigenvalue weighted by Gasteiger charge is 2.39. The summed E-state index contributed by atoms with van der Waals surface area (Å²) in [7, 11) is -0.761. The van der Waals surface area contributed by atoms with Crippen molar-refractivity contribution >= 4 is 53.1 Å². The molecule has 59 heavy (non-hydrogen) atoms. The maximum atomic E-state index is 13.0. The molecule has 0 radical (unpaired) electrons. The van der Waals surface area contributed by atoms with Crippen LogP contribution in [0, 0.1) is 0 Å². The molecule has 3 N–H and O–H groups in total. The number of fused-ring (bicyclic) bond motifs is 1. The van der Waals surface area contributed by atoms with E-state index in [2.05, 4.69) is 44.0 Å². The van der Waals surface area contributed by atoms with Crippen molar-refractivity contribution < 1.29 is 23.7 Å². The summed E-state index contributed by atoms with van der Waals surface area (Å²) < 4.78 is 18.8. The highest BCUT2D eigenvalue weighted by Crippen LogP contribution is 2.37. The minimum absolute atomic E-state index is 0.147. The van der Waals surface area contributed by atoms with Gasteiger partial charge in [0.15, 0.2) is 0 Å². The van der Waals surface area contributed by atoms with Crippen molar-refractivity contribution in [1.29, 1.82) is 0 Å². The van der Waals surface area contributed by atoms with Crippen LogP contribution in [0.2, 0.25) is 5.02 Å². The van der Waals surface area contributed by atoms with Gasteiger partial charge in [-0.25, -0.2) is 9.97 Å². The zero-order chi connectivity index (χ0) is 41.5. The van der Waals surface area contributed by atoms with Crippen molar-refractivity contribution in [3.05, 3.63) is 106 Å². The van der Waals surface area contributed by atoms with Crippen molar-refractivity contribution in [3.8, 4) is 5.75 Å². The lowest BCUT2D eigenvalue weighted by atomic mass is 10.0. The Morgan fingerprint density at radius 1 is 0.915 bits per heavy atom. The minimum Gasteiger partial charge on any atom is -0.496 e. The van der Waals surface area contributed by atoms with Gasteiger partial charge in [0.05, 0.1) is 17.8 Å². The fourth-order valence-electron chi connectivity index (χ4n) is 8.43. The van der Waals surface area contributed by atoms with Crippen LogP contribution < -0.4 is 30.9 Å². The first kappa shape index (κ1) is 42.4. The number of anilines is 2. The van der Waals surface area contributed by atoms with E-state index in [9.17, 15) is 18.9 Å². The van der Waals surface area contributed by atoms with Gasteiger partial charge in [-0.3, -0.25) is 19.7 Å². The number of methoxy groups -OCH3 is 1. The maximum absolute atomic E-state index is 13.0. The largest absolute Gasteiger partial charge is 0.496 e. The summed E-state index contributed by atoms with van der Waals surface area (Å²) in [5, 5.41) is 11.0. The molecule has 3 aliphatic heterocycles. The molecule has 0 saturated carbocycles. The summed E-state index contributed by atoms with van der Waals surface area (Å²) in [5.74, 6) is 0.653. The first-order valence-corrected chi connectivity index (χ1v) is 23.7. The topological polar surface area (TPSA) is 146 Å². The Bertz CT molecular complexity index is 2220. The summed E-state index contributed by atoms with van der Waals surface area (Å²) in [6, 6.07) is 19.9.